The van der Waals surface area contributed by atoms with E-state index in [9.17, 15) is 4.79 Å². The molecule has 0 aromatic carbocycles. The number of likely N-dealkylation sites (tertiary alicyclic amines) is 1. The van der Waals surface area contributed by atoms with Crippen molar-refractivity contribution < 1.29 is 9.90 Å². The Hall–Kier alpha value is -1.36. The Balaban J connectivity index is 2.03. The summed E-state index contributed by atoms with van der Waals surface area (Å²) in [6.45, 7) is 6.56. The van der Waals surface area contributed by atoms with Crippen molar-refractivity contribution in [3.63, 3.8) is 0 Å². The summed E-state index contributed by atoms with van der Waals surface area (Å²) < 4.78 is 2.10. The first-order valence-electron chi connectivity index (χ1n) is 6.10. The van der Waals surface area contributed by atoms with Gasteiger partial charge in [-0.05, 0) is 26.8 Å². The molecule has 0 saturated carbocycles. The summed E-state index contributed by atoms with van der Waals surface area (Å²) in [5.41, 5.74) is 0. The van der Waals surface area contributed by atoms with Crippen LogP contribution in [0, 0.1) is 5.92 Å². The molecule has 0 bridgehead atoms. The van der Waals surface area contributed by atoms with Crippen LogP contribution in [0.25, 0.3) is 0 Å². The average molecular weight is 237 g/mol. The molecule has 0 radical (unpaired) electrons. The zero-order chi connectivity index (χ0) is 12.4. The number of aliphatic carboxylic acids is 1. The fourth-order valence-corrected chi connectivity index (χ4v) is 2.52. The molecule has 2 unspecified atom stereocenters. The predicted molar refractivity (Wildman–Crippen MR) is 63.5 cm³/mol. The number of imidazole rings is 1. The highest BCUT2D eigenvalue weighted by Crippen LogP contribution is 2.25. The summed E-state index contributed by atoms with van der Waals surface area (Å²) in [6, 6.07) is 0.0921. The normalized spacial score (nSPS) is 25.3. The lowest BCUT2D eigenvalue weighted by molar-refractivity contribution is -0.142. The van der Waals surface area contributed by atoms with E-state index in [-0.39, 0.29) is 12.0 Å². The van der Waals surface area contributed by atoms with Crippen molar-refractivity contribution in [2.45, 2.75) is 39.4 Å². The molecule has 1 aliphatic heterocycles. The van der Waals surface area contributed by atoms with E-state index in [1.54, 1.807) is 6.20 Å². The quantitative estimate of drug-likeness (QED) is 0.854. The lowest BCUT2D eigenvalue weighted by Gasteiger charge is -2.22. The monoisotopic (exact) mass is 237 g/mol. The third-order valence-electron chi connectivity index (χ3n) is 3.69. The molecule has 1 N–H and O–H groups in total. The Bertz CT molecular complexity index is 402. The van der Waals surface area contributed by atoms with E-state index in [0.29, 0.717) is 0 Å². The van der Waals surface area contributed by atoms with Crippen molar-refractivity contribution in [3.05, 3.63) is 18.2 Å². The molecular formula is C12H19N3O2. The molecule has 1 aromatic heterocycles. The number of carboxylic acid groups (broad SMARTS) is 1. The molecule has 1 aliphatic rings. The van der Waals surface area contributed by atoms with Crippen LogP contribution in [0.15, 0.2) is 12.4 Å². The molecule has 2 heterocycles. The van der Waals surface area contributed by atoms with Crippen LogP contribution in [0.4, 0.5) is 0 Å². The second-order valence-corrected chi connectivity index (χ2v) is 4.57. The molecule has 1 saturated heterocycles. The highest BCUT2D eigenvalue weighted by molar-refractivity contribution is 5.71. The molecule has 5 heteroatoms. The second kappa shape index (κ2) is 4.87. The minimum atomic E-state index is -0.682. The Morgan fingerprint density at radius 3 is 3.00 bits per heavy atom. The minimum Gasteiger partial charge on any atom is -0.481 e. The van der Waals surface area contributed by atoms with Crippen molar-refractivity contribution in [3.8, 4) is 0 Å². The molecule has 94 valence electrons. The molecule has 0 amide bonds. The topological polar surface area (TPSA) is 58.4 Å². The van der Waals surface area contributed by atoms with Gasteiger partial charge in [0.1, 0.15) is 5.82 Å². The van der Waals surface area contributed by atoms with Crippen molar-refractivity contribution in [1.29, 1.82) is 0 Å². The molecular weight excluding hydrogens is 218 g/mol. The van der Waals surface area contributed by atoms with Gasteiger partial charge in [-0.1, -0.05) is 0 Å². The maximum Gasteiger partial charge on any atom is 0.308 e. The standard InChI is InChI=1S/C12H19N3O2/c1-3-14-7-5-13-11(14)8-15-6-4-10(9(15)2)12(16)17/h5,7,9-10H,3-4,6,8H2,1-2H3,(H,16,17). The Kier molecular flexibility index (Phi) is 3.47. The van der Waals surface area contributed by atoms with Gasteiger partial charge in [0.2, 0.25) is 0 Å². The maximum atomic E-state index is 11.0. The lowest BCUT2D eigenvalue weighted by Crippen LogP contribution is -2.33. The maximum absolute atomic E-state index is 11.0. The molecule has 17 heavy (non-hydrogen) atoms. The minimum absolute atomic E-state index is 0.0921. The first-order chi connectivity index (χ1) is 8.13. The predicted octanol–water partition coefficient (Wildman–Crippen LogP) is 1.20. The highest BCUT2D eigenvalue weighted by atomic mass is 16.4. The van der Waals surface area contributed by atoms with E-state index < -0.39 is 5.97 Å². The third-order valence-corrected chi connectivity index (χ3v) is 3.69. The first kappa shape index (κ1) is 12.1. The van der Waals surface area contributed by atoms with Crippen LogP contribution in [-0.2, 0) is 17.9 Å². The summed E-state index contributed by atoms with van der Waals surface area (Å²) in [5, 5.41) is 9.08. The van der Waals surface area contributed by atoms with Crippen molar-refractivity contribution in [1.82, 2.24) is 14.5 Å². The largest absolute Gasteiger partial charge is 0.481 e. The van der Waals surface area contributed by atoms with Gasteiger partial charge in [0, 0.05) is 25.0 Å². The van der Waals surface area contributed by atoms with Gasteiger partial charge in [0.05, 0.1) is 12.5 Å². The van der Waals surface area contributed by atoms with Crippen molar-refractivity contribution in [2.24, 2.45) is 5.92 Å². The van der Waals surface area contributed by atoms with Gasteiger partial charge in [-0.25, -0.2) is 4.98 Å². The zero-order valence-electron chi connectivity index (χ0n) is 10.3. The fraction of sp³-hybridized carbons (Fsp3) is 0.667. The zero-order valence-corrected chi connectivity index (χ0v) is 10.3. The number of carboxylic acids is 1. The third kappa shape index (κ3) is 2.34. The van der Waals surface area contributed by atoms with Crippen LogP contribution < -0.4 is 0 Å². The number of aryl methyl sites for hydroxylation is 1. The summed E-state index contributed by atoms with van der Waals surface area (Å²) >= 11 is 0. The van der Waals surface area contributed by atoms with E-state index in [1.807, 2.05) is 13.1 Å². The van der Waals surface area contributed by atoms with Crippen LogP contribution in [0.5, 0.6) is 0 Å². The van der Waals surface area contributed by atoms with Crippen LogP contribution in [-0.4, -0.2) is 38.1 Å². The highest BCUT2D eigenvalue weighted by Gasteiger charge is 2.35. The smallest absolute Gasteiger partial charge is 0.308 e. The van der Waals surface area contributed by atoms with E-state index in [0.717, 1.165) is 31.9 Å². The number of hydrogen-bond donors (Lipinski definition) is 1. The lowest BCUT2D eigenvalue weighted by atomic mass is 10.0. The van der Waals surface area contributed by atoms with Gasteiger partial charge in [0.15, 0.2) is 0 Å². The number of rotatable bonds is 4. The van der Waals surface area contributed by atoms with Crippen LogP contribution in [0.3, 0.4) is 0 Å². The molecule has 0 spiro atoms. The SMILES string of the molecule is CCn1ccnc1CN1CCC(C(=O)O)C1C. The Morgan fingerprint density at radius 2 is 2.41 bits per heavy atom. The molecule has 5 nitrogen and oxygen atoms in total. The molecule has 1 aromatic rings. The summed E-state index contributed by atoms with van der Waals surface area (Å²) in [7, 11) is 0. The van der Waals surface area contributed by atoms with Gasteiger partial charge in [0.25, 0.3) is 0 Å². The Morgan fingerprint density at radius 1 is 1.65 bits per heavy atom. The van der Waals surface area contributed by atoms with Crippen LogP contribution in [0.1, 0.15) is 26.1 Å². The summed E-state index contributed by atoms with van der Waals surface area (Å²) in [6.07, 6.45) is 4.50. The molecule has 1 fully saturated rings. The molecule has 2 atom stereocenters. The van der Waals surface area contributed by atoms with Crippen LogP contribution >= 0.6 is 0 Å². The summed E-state index contributed by atoms with van der Waals surface area (Å²) in [5.74, 6) is 0.101. The fourth-order valence-electron chi connectivity index (χ4n) is 2.52. The van der Waals surface area contributed by atoms with Gasteiger partial charge < -0.3 is 9.67 Å². The first-order valence-corrected chi connectivity index (χ1v) is 6.10. The van der Waals surface area contributed by atoms with Gasteiger partial charge >= 0.3 is 5.97 Å². The molecule has 2 rings (SSSR count). The van der Waals surface area contributed by atoms with Gasteiger partial charge in [-0.2, -0.15) is 0 Å². The number of hydrogen-bond acceptors (Lipinski definition) is 3. The van der Waals surface area contributed by atoms with E-state index in [4.69, 9.17) is 5.11 Å². The van der Waals surface area contributed by atoms with E-state index in [1.165, 1.54) is 0 Å². The van der Waals surface area contributed by atoms with Crippen molar-refractivity contribution in [2.75, 3.05) is 6.54 Å². The van der Waals surface area contributed by atoms with Crippen molar-refractivity contribution >= 4 is 5.97 Å². The number of aromatic nitrogens is 2. The molecule has 0 aliphatic carbocycles. The average Bonchev–Trinajstić information content (AvgIpc) is 2.87. The van der Waals surface area contributed by atoms with E-state index in [2.05, 4.69) is 21.4 Å². The number of carbonyl (C=O) groups is 1. The number of nitrogens with zero attached hydrogens (tertiary/aromatic N) is 3. The summed E-state index contributed by atoms with van der Waals surface area (Å²) in [4.78, 5) is 17.6. The van der Waals surface area contributed by atoms with Gasteiger partial charge in [-0.15, -0.1) is 0 Å². The van der Waals surface area contributed by atoms with E-state index >= 15 is 0 Å². The Labute approximate surface area is 101 Å². The second-order valence-electron chi connectivity index (χ2n) is 4.57. The van der Waals surface area contributed by atoms with Crippen LogP contribution in [0.2, 0.25) is 0 Å². The van der Waals surface area contributed by atoms with Gasteiger partial charge in [-0.3, -0.25) is 9.69 Å².